The van der Waals surface area contributed by atoms with Gasteiger partial charge in [-0.3, -0.25) is 4.90 Å². The average molecular weight is 388 g/mol. The smallest absolute Gasteiger partial charge is 0.0974 e. The Hall–Kier alpha value is -1.39. The minimum atomic E-state index is -0.932. The van der Waals surface area contributed by atoms with Crippen LogP contribution in [-0.4, -0.2) is 42.9 Å². The number of benzene rings is 2. The van der Waals surface area contributed by atoms with Crippen molar-refractivity contribution in [2.75, 3.05) is 32.8 Å². The molecule has 1 aliphatic heterocycles. The van der Waals surface area contributed by atoms with Crippen molar-refractivity contribution in [3.63, 3.8) is 0 Å². The van der Waals surface area contributed by atoms with E-state index in [0.29, 0.717) is 6.42 Å². The lowest BCUT2D eigenvalue weighted by Crippen LogP contribution is -2.44. The second-order valence-electron chi connectivity index (χ2n) is 7.35. The van der Waals surface area contributed by atoms with Crippen LogP contribution in [0.4, 0.5) is 0 Å². The van der Waals surface area contributed by atoms with Crippen LogP contribution in [0.1, 0.15) is 42.9 Å². The normalized spacial score (nSPS) is 18.8. The second-order valence-corrected chi connectivity index (χ2v) is 7.78. The minimum Gasteiger partial charge on any atom is -0.384 e. The molecule has 1 heterocycles. The van der Waals surface area contributed by atoms with E-state index in [9.17, 15) is 5.11 Å². The first-order chi connectivity index (χ1) is 13.1. The second kappa shape index (κ2) is 9.20. The van der Waals surface area contributed by atoms with Crippen molar-refractivity contribution in [1.82, 2.24) is 4.90 Å². The number of aliphatic hydroxyl groups is 1. The molecule has 2 aromatic rings. The van der Waals surface area contributed by atoms with Gasteiger partial charge in [0.25, 0.3) is 0 Å². The van der Waals surface area contributed by atoms with E-state index in [1.165, 1.54) is 5.56 Å². The summed E-state index contributed by atoms with van der Waals surface area (Å²) in [5.41, 5.74) is 2.46. The van der Waals surface area contributed by atoms with Crippen LogP contribution in [0.2, 0.25) is 5.02 Å². The first-order valence-electron chi connectivity index (χ1n) is 9.94. The molecule has 0 radical (unpaired) electrons. The highest BCUT2D eigenvalue weighted by molar-refractivity contribution is 6.30. The summed E-state index contributed by atoms with van der Waals surface area (Å²) >= 11 is 6.12. The fourth-order valence-corrected chi connectivity index (χ4v) is 4.08. The van der Waals surface area contributed by atoms with E-state index in [1.807, 2.05) is 12.1 Å². The molecule has 3 nitrogen and oxygen atoms in total. The molecule has 2 aromatic carbocycles. The summed E-state index contributed by atoms with van der Waals surface area (Å²) in [5, 5.41) is 12.6. The highest BCUT2D eigenvalue weighted by Crippen LogP contribution is 2.41. The van der Waals surface area contributed by atoms with Gasteiger partial charge in [0, 0.05) is 30.6 Å². The molecular weight excluding hydrogens is 358 g/mol. The molecule has 0 aromatic heterocycles. The average Bonchev–Trinajstić information content (AvgIpc) is 2.73. The molecule has 1 aliphatic rings. The lowest BCUT2D eigenvalue weighted by molar-refractivity contribution is -0.0250. The first-order valence-corrected chi connectivity index (χ1v) is 10.3. The third kappa shape index (κ3) is 4.72. The summed E-state index contributed by atoms with van der Waals surface area (Å²) in [4.78, 5) is 2.39. The Balaban J connectivity index is 1.97. The van der Waals surface area contributed by atoms with Crippen LogP contribution in [0, 0.1) is 0 Å². The van der Waals surface area contributed by atoms with Crippen molar-refractivity contribution in [3.8, 4) is 0 Å². The molecule has 0 bridgehead atoms. The third-order valence-corrected chi connectivity index (χ3v) is 6.05. The molecule has 146 valence electrons. The molecule has 2 atom stereocenters. The highest BCUT2D eigenvalue weighted by atomic mass is 35.5. The molecule has 3 rings (SSSR count). The van der Waals surface area contributed by atoms with Gasteiger partial charge in [-0.1, -0.05) is 61.8 Å². The number of aryl methyl sites for hydroxylation is 1. The number of ether oxygens (including phenoxy) is 1. The van der Waals surface area contributed by atoms with E-state index in [4.69, 9.17) is 16.3 Å². The van der Waals surface area contributed by atoms with Crippen LogP contribution < -0.4 is 0 Å². The molecule has 0 spiro atoms. The molecule has 4 heteroatoms. The standard InChI is InChI=1S/C23H30ClNO2/c1-3-18-5-9-20(10-6-18)23(26,4-2)22(17-25-13-15-27-16-14-25)19-7-11-21(24)12-8-19/h5-12,22,26H,3-4,13-17H2,1-2H3/t22-,23+/m0/s1. The van der Waals surface area contributed by atoms with Crippen molar-refractivity contribution in [1.29, 1.82) is 0 Å². The van der Waals surface area contributed by atoms with E-state index in [1.54, 1.807) is 0 Å². The minimum absolute atomic E-state index is 0.0367. The Morgan fingerprint density at radius 3 is 2.22 bits per heavy atom. The van der Waals surface area contributed by atoms with Crippen molar-refractivity contribution in [3.05, 3.63) is 70.2 Å². The van der Waals surface area contributed by atoms with Crippen molar-refractivity contribution >= 4 is 11.6 Å². The van der Waals surface area contributed by atoms with Gasteiger partial charge in [0.2, 0.25) is 0 Å². The fourth-order valence-electron chi connectivity index (χ4n) is 3.95. The molecule has 0 unspecified atom stereocenters. The maximum Gasteiger partial charge on any atom is 0.0974 e. The summed E-state index contributed by atoms with van der Waals surface area (Å²) < 4.78 is 5.50. The van der Waals surface area contributed by atoms with E-state index in [2.05, 4.69) is 55.1 Å². The fraction of sp³-hybridized carbons (Fsp3) is 0.478. The quantitative estimate of drug-likeness (QED) is 0.752. The Morgan fingerprint density at radius 1 is 1.04 bits per heavy atom. The number of rotatable bonds is 7. The van der Waals surface area contributed by atoms with Gasteiger partial charge in [0.05, 0.1) is 18.8 Å². The Morgan fingerprint density at radius 2 is 1.67 bits per heavy atom. The van der Waals surface area contributed by atoms with Crippen LogP contribution in [0.3, 0.4) is 0 Å². The molecule has 0 aliphatic carbocycles. The molecule has 1 saturated heterocycles. The predicted molar refractivity (Wildman–Crippen MR) is 111 cm³/mol. The van der Waals surface area contributed by atoms with Crippen LogP contribution in [0.5, 0.6) is 0 Å². The van der Waals surface area contributed by atoms with Gasteiger partial charge in [0.1, 0.15) is 0 Å². The Labute approximate surface area is 167 Å². The van der Waals surface area contributed by atoms with Gasteiger partial charge in [-0.25, -0.2) is 0 Å². The van der Waals surface area contributed by atoms with E-state index in [0.717, 1.165) is 55.4 Å². The van der Waals surface area contributed by atoms with Gasteiger partial charge in [-0.15, -0.1) is 0 Å². The Kier molecular flexibility index (Phi) is 6.93. The van der Waals surface area contributed by atoms with E-state index >= 15 is 0 Å². The number of hydrogen-bond acceptors (Lipinski definition) is 3. The van der Waals surface area contributed by atoms with Crippen LogP contribution >= 0.6 is 11.6 Å². The van der Waals surface area contributed by atoms with Gasteiger partial charge >= 0.3 is 0 Å². The largest absolute Gasteiger partial charge is 0.384 e. The van der Waals surface area contributed by atoms with Crippen LogP contribution in [0.15, 0.2) is 48.5 Å². The maximum absolute atomic E-state index is 11.9. The molecule has 0 amide bonds. The maximum atomic E-state index is 11.9. The highest BCUT2D eigenvalue weighted by Gasteiger charge is 2.39. The first kappa shape index (κ1) is 20.3. The number of morpholine rings is 1. The lowest BCUT2D eigenvalue weighted by atomic mass is 9.75. The topological polar surface area (TPSA) is 32.7 Å². The molecular formula is C23H30ClNO2. The van der Waals surface area contributed by atoms with E-state index in [-0.39, 0.29) is 5.92 Å². The third-order valence-electron chi connectivity index (χ3n) is 5.79. The number of hydrogen-bond donors (Lipinski definition) is 1. The molecule has 1 N–H and O–H groups in total. The van der Waals surface area contributed by atoms with Crippen LogP contribution in [-0.2, 0) is 16.8 Å². The molecule has 1 fully saturated rings. The van der Waals surface area contributed by atoms with Crippen LogP contribution in [0.25, 0.3) is 0 Å². The predicted octanol–water partition coefficient (Wildman–Crippen LogP) is 4.62. The molecule has 27 heavy (non-hydrogen) atoms. The summed E-state index contributed by atoms with van der Waals surface area (Å²) in [5.74, 6) is -0.0367. The van der Waals surface area contributed by atoms with Gasteiger partial charge in [0.15, 0.2) is 0 Å². The van der Waals surface area contributed by atoms with Crippen molar-refractivity contribution in [2.45, 2.75) is 38.2 Å². The number of nitrogens with zero attached hydrogens (tertiary/aromatic N) is 1. The number of halogens is 1. The SMILES string of the molecule is CCc1ccc([C@](O)(CC)[C@@H](CN2CCOCC2)c2ccc(Cl)cc2)cc1. The monoisotopic (exact) mass is 387 g/mol. The summed E-state index contributed by atoms with van der Waals surface area (Å²) in [6.45, 7) is 8.32. The zero-order valence-electron chi connectivity index (χ0n) is 16.3. The Bertz CT molecular complexity index is 710. The van der Waals surface area contributed by atoms with Crippen molar-refractivity contribution < 1.29 is 9.84 Å². The summed E-state index contributed by atoms with van der Waals surface area (Å²) in [6, 6.07) is 16.4. The lowest BCUT2D eigenvalue weighted by Gasteiger charge is -2.40. The van der Waals surface area contributed by atoms with Crippen molar-refractivity contribution in [2.24, 2.45) is 0 Å². The van der Waals surface area contributed by atoms with Gasteiger partial charge in [-0.05, 0) is 41.7 Å². The zero-order valence-corrected chi connectivity index (χ0v) is 17.1. The molecule has 0 saturated carbocycles. The summed E-state index contributed by atoms with van der Waals surface area (Å²) in [7, 11) is 0. The van der Waals surface area contributed by atoms with E-state index < -0.39 is 5.60 Å². The van der Waals surface area contributed by atoms with Gasteiger partial charge in [-0.2, -0.15) is 0 Å². The zero-order chi connectivity index (χ0) is 19.3. The van der Waals surface area contributed by atoms with Gasteiger partial charge < -0.3 is 9.84 Å². The summed E-state index contributed by atoms with van der Waals surface area (Å²) in [6.07, 6.45) is 1.65.